The monoisotopic (exact) mass is 392 g/mol. The number of benzene rings is 1. The number of aryl methyl sites for hydroxylation is 1. The molecule has 4 rings (SSSR count). The maximum Gasteiger partial charge on any atom is 0.174 e. The molecule has 0 amide bonds. The summed E-state index contributed by atoms with van der Waals surface area (Å²) in [7, 11) is 2.03. The van der Waals surface area contributed by atoms with E-state index in [0.717, 1.165) is 17.1 Å². The highest BCUT2D eigenvalue weighted by Crippen LogP contribution is 2.41. The number of pyridine rings is 1. The molecule has 0 unspecified atom stereocenters. The molecule has 0 radical (unpaired) electrons. The molecule has 1 aromatic carbocycles. The van der Waals surface area contributed by atoms with Crippen LogP contribution in [0.15, 0.2) is 67.1 Å². The zero-order valence-corrected chi connectivity index (χ0v) is 17.1. The minimum Gasteiger partial charge on any atom is -0.491 e. The Balaban J connectivity index is 1.73. The first-order valence-electron chi connectivity index (χ1n) is 9.42. The molecule has 2 aromatic heterocycles. The zero-order valence-electron chi connectivity index (χ0n) is 16.2. The number of nitrogens with one attached hydrogen (secondary N) is 1. The molecule has 1 aliphatic heterocycles. The summed E-state index contributed by atoms with van der Waals surface area (Å²) in [6.07, 6.45) is 6.16. The second-order valence-electron chi connectivity index (χ2n) is 7.27. The van der Waals surface area contributed by atoms with Gasteiger partial charge < -0.3 is 19.5 Å². The van der Waals surface area contributed by atoms with Crippen molar-refractivity contribution in [1.29, 1.82) is 0 Å². The van der Waals surface area contributed by atoms with Gasteiger partial charge in [-0.3, -0.25) is 4.98 Å². The van der Waals surface area contributed by atoms with Crippen LogP contribution in [0.2, 0.25) is 0 Å². The van der Waals surface area contributed by atoms with Crippen LogP contribution in [0, 0.1) is 0 Å². The fourth-order valence-corrected chi connectivity index (χ4v) is 3.98. The Morgan fingerprint density at radius 1 is 1.11 bits per heavy atom. The highest BCUT2D eigenvalue weighted by Gasteiger charge is 2.40. The molecule has 1 fully saturated rings. The van der Waals surface area contributed by atoms with Gasteiger partial charge in [-0.2, -0.15) is 0 Å². The van der Waals surface area contributed by atoms with Crippen LogP contribution in [-0.4, -0.2) is 20.8 Å². The fourth-order valence-electron chi connectivity index (χ4n) is 3.63. The summed E-state index contributed by atoms with van der Waals surface area (Å²) in [5.41, 5.74) is 3.19. The van der Waals surface area contributed by atoms with Gasteiger partial charge in [0, 0.05) is 31.3 Å². The largest absolute Gasteiger partial charge is 0.491 e. The van der Waals surface area contributed by atoms with Crippen molar-refractivity contribution in [2.45, 2.75) is 32.0 Å². The number of nitrogens with zero attached hydrogens (tertiary/aromatic N) is 3. The van der Waals surface area contributed by atoms with E-state index < -0.39 is 0 Å². The van der Waals surface area contributed by atoms with Gasteiger partial charge in [0.2, 0.25) is 0 Å². The molecule has 0 saturated carbocycles. The van der Waals surface area contributed by atoms with Crippen LogP contribution in [0.4, 0.5) is 5.69 Å². The van der Waals surface area contributed by atoms with Crippen LogP contribution < -0.4 is 15.0 Å². The Hall–Kier alpha value is -2.86. The lowest BCUT2D eigenvalue weighted by atomic mass is 9.98. The fraction of sp³-hybridized carbons (Fsp3) is 0.273. The average molecular weight is 393 g/mol. The van der Waals surface area contributed by atoms with Crippen molar-refractivity contribution in [2.75, 3.05) is 4.90 Å². The van der Waals surface area contributed by atoms with E-state index in [9.17, 15) is 0 Å². The summed E-state index contributed by atoms with van der Waals surface area (Å²) in [5.74, 6) is 0.856. The molecule has 3 aromatic rings. The Bertz CT molecular complexity index is 952. The third-order valence-corrected chi connectivity index (χ3v) is 5.10. The number of anilines is 1. The maximum atomic E-state index is 5.78. The molecule has 3 heterocycles. The summed E-state index contributed by atoms with van der Waals surface area (Å²) in [6, 6.07) is 16.2. The first-order chi connectivity index (χ1) is 13.5. The van der Waals surface area contributed by atoms with Crippen molar-refractivity contribution in [2.24, 2.45) is 7.05 Å². The smallest absolute Gasteiger partial charge is 0.174 e. The van der Waals surface area contributed by atoms with Gasteiger partial charge in [-0.1, -0.05) is 6.07 Å². The minimum atomic E-state index is -0.0253. The molecule has 5 nitrogen and oxygen atoms in total. The first kappa shape index (κ1) is 18.5. The number of aromatic nitrogens is 2. The summed E-state index contributed by atoms with van der Waals surface area (Å²) in [4.78, 5) is 6.75. The second kappa shape index (κ2) is 7.64. The van der Waals surface area contributed by atoms with Gasteiger partial charge in [0.15, 0.2) is 5.11 Å². The molecule has 0 bridgehead atoms. The van der Waals surface area contributed by atoms with E-state index in [1.54, 1.807) is 0 Å². The number of hydrogen-bond acceptors (Lipinski definition) is 3. The lowest BCUT2D eigenvalue weighted by Gasteiger charge is -2.27. The maximum absolute atomic E-state index is 5.78. The van der Waals surface area contributed by atoms with E-state index in [1.165, 1.54) is 5.56 Å². The van der Waals surface area contributed by atoms with E-state index in [0.29, 0.717) is 5.11 Å². The summed E-state index contributed by atoms with van der Waals surface area (Å²) >= 11 is 5.74. The van der Waals surface area contributed by atoms with Gasteiger partial charge in [0.25, 0.3) is 0 Å². The van der Waals surface area contributed by atoms with Gasteiger partial charge in [0.1, 0.15) is 5.75 Å². The second-order valence-corrected chi connectivity index (χ2v) is 7.65. The van der Waals surface area contributed by atoms with Gasteiger partial charge in [-0.15, -0.1) is 0 Å². The Morgan fingerprint density at radius 3 is 2.50 bits per heavy atom. The average Bonchev–Trinajstić information content (AvgIpc) is 3.26. The van der Waals surface area contributed by atoms with Gasteiger partial charge >= 0.3 is 0 Å². The molecule has 6 heteroatoms. The Kier molecular flexibility index (Phi) is 5.05. The number of ether oxygens (including phenoxy) is 1. The minimum absolute atomic E-state index is 0.0143. The molecule has 1 N–H and O–H groups in total. The SMILES string of the molecule is CC(C)Oc1ccc(N2C(=S)N[C@@H](c3ccccn3)[C@@H]2c2ccn(C)c2)cc1. The number of hydrogen-bond donors (Lipinski definition) is 1. The molecule has 0 aliphatic carbocycles. The normalized spacial score (nSPS) is 19.1. The van der Waals surface area contributed by atoms with Crippen molar-refractivity contribution >= 4 is 23.0 Å². The summed E-state index contributed by atoms with van der Waals surface area (Å²) in [6.45, 7) is 4.05. The zero-order chi connectivity index (χ0) is 19.7. The molecular formula is C22H24N4OS. The summed E-state index contributed by atoms with van der Waals surface area (Å²) < 4.78 is 7.84. The predicted octanol–water partition coefficient (Wildman–Crippen LogP) is 4.38. The van der Waals surface area contributed by atoms with E-state index >= 15 is 0 Å². The number of thiocarbonyl (C=S) groups is 1. The van der Waals surface area contributed by atoms with Crippen LogP contribution in [0.5, 0.6) is 5.75 Å². The Morgan fingerprint density at radius 2 is 1.89 bits per heavy atom. The third-order valence-electron chi connectivity index (χ3n) is 4.78. The summed E-state index contributed by atoms with van der Waals surface area (Å²) in [5, 5.41) is 4.17. The quantitative estimate of drug-likeness (QED) is 0.653. The highest BCUT2D eigenvalue weighted by molar-refractivity contribution is 7.80. The van der Waals surface area contributed by atoms with E-state index in [-0.39, 0.29) is 18.2 Å². The molecule has 28 heavy (non-hydrogen) atoms. The lowest BCUT2D eigenvalue weighted by molar-refractivity contribution is 0.242. The third kappa shape index (κ3) is 3.60. The van der Waals surface area contributed by atoms with Gasteiger partial charge in [0.05, 0.1) is 23.9 Å². The molecular weight excluding hydrogens is 368 g/mol. The van der Waals surface area contributed by atoms with Crippen molar-refractivity contribution in [3.8, 4) is 5.75 Å². The number of rotatable bonds is 5. The lowest BCUT2D eigenvalue weighted by Crippen LogP contribution is -2.29. The van der Waals surface area contributed by atoms with Crippen LogP contribution >= 0.6 is 12.2 Å². The topological polar surface area (TPSA) is 42.3 Å². The van der Waals surface area contributed by atoms with E-state index in [2.05, 4.69) is 50.4 Å². The molecule has 0 spiro atoms. The predicted molar refractivity (Wildman–Crippen MR) is 116 cm³/mol. The van der Waals surface area contributed by atoms with Crippen molar-refractivity contribution in [3.05, 3.63) is 78.4 Å². The van der Waals surface area contributed by atoms with Gasteiger partial charge in [-0.25, -0.2) is 0 Å². The highest BCUT2D eigenvalue weighted by atomic mass is 32.1. The van der Waals surface area contributed by atoms with Crippen LogP contribution in [0.3, 0.4) is 0 Å². The molecule has 1 aliphatic rings. The van der Waals surface area contributed by atoms with Crippen molar-refractivity contribution in [1.82, 2.24) is 14.9 Å². The van der Waals surface area contributed by atoms with Crippen LogP contribution in [0.1, 0.15) is 37.2 Å². The molecule has 2 atom stereocenters. The van der Waals surface area contributed by atoms with E-state index in [4.69, 9.17) is 17.0 Å². The van der Waals surface area contributed by atoms with Crippen LogP contribution in [-0.2, 0) is 7.05 Å². The van der Waals surface area contributed by atoms with Crippen molar-refractivity contribution in [3.63, 3.8) is 0 Å². The molecule has 1 saturated heterocycles. The van der Waals surface area contributed by atoms with Gasteiger partial charge in [-0.05, 0) is 74.1 Å². The molecule has 144 valence electrons. The van der Waals surface area contributed by atoms with Crippen molar-refractivity contribution < 1.29 is 4.74 Å². The standard InChI is InChI=1S/C22H24N4OS/c1-15(2)27-18-9-7-17(8-10-18)26-21(16-11-13-25(3)14-16)20(24-22(26)28)19-6-4-5-12-23-19/h4-15,20-21H,1-3H3,(H,24,28)/t20-,21-/m0/s1. The first-order valence-corrected chi connectivity index (χ1v) is 9.83. The van der Waals surface area contributed by atoms with E-state index in [1.807, 2.05) is 57.4 Å². The van der Waals surface area contributed by atoms with Crippen LogP contribution in [0.25, 0.3) is 0 Å². The Labute approximate surface area is 171 Å².